The van der Waals surface area contributed by atoms with Crippen molar-refractivity contribution >= 4 is 40.1 Å². The summed E-state index contributed by atoms with van der Waals surface area (Å²) in [7, 11) is 0. The molecule has 2 aliphatic rings. The highest BCUT2D eigenvalue weighted by atomic mass is 16.8. The molecule has 396 valence electrons. The average Bonchev–Trinajstić information content (AvgIpc) is 4.15. The second-order valence-corrected chi connectivity index (χ2v) is 19.1. The van der Waals surface area contributed by atoms with Crippen molar-refractivity contribution in [2.75, 3.05) is 26.3 Å². The SMILES string of the molecule is Cc1cc(C)cc(-c2c3[nH]ccc3cn2O[C@@H]2[C@@H](Oc3ccc4c(=O)c(-c5ccc(O)cc5)coc4c3)O[C@@H]([C@@H](NC[C@H](O)C3CCCC3)OC(=O)[C@H](NCCC=O)C(=O)O)[C@@](O)(CO)[C@]2(O)[C@H](O)CCCO)c1. The van der Waals surface area contributed by atoms with Crippen LogP contribution < -0.4 is 25.6 Å². The number of fused-ring (bicyclic) bond motifs is 2. The van der Waals surface area contributed by atoms with Crippen LogP contribution >= 0.6 is 0 Å². The molecule has 21 nitrogen and oxygen atoms in total. The van der Waals surface area contributed by atoms with Gasteiger partial charge in [-0.3, -0.25) is 15.4 Å². The quantitative estimate of drug-likeness (QED) is 0.0144. The lowest BCUT2D eigenvalue weighted by Gasteiger charge is -2.57. The number of nitrogens with zero attached hydrogens (tertiary/aromatic N) is 1. The van der Waals surface area contributed by atoms with E-state index >= 15 is 0 Å². The number of aromatic hydroxyl groups is 1. The van der Waals surface area contributed by atoms with E-state index in [0.29, 0.717) is 46.9 Å². The lowest BCUT2D eigenvalue weighted by molar-refractivity contribution is -0.388. The number of hydrogen-bond acceptors (Lipinski definition) is 18. The van der Waals surface area contributed by atoms with Crippen molar-refractivity contribution in [2.24, 2.45) is 5.92 Å². The first-order chi connectivity index (χ1) is 35.5. The Morgan fingerprint density at radius 2 is 1.70 bits per heavy atom. The van der Waals surface area contributed by atoms with Crippen molar-refractivity contribution < 1.29 is 78.7 Å². The van der Waals surface area contributed by atoms with E-state index in [1.807, 2.05) is 32.0 Å². The van der Waals surface area contributed by atoms with Crippen LogP contribution in [0, 0.1) is 19.8 Å². The van der Waals surface area contributed by atoms with E-state index in [-0.39, 0.29) is 59.9 Å². The van der Waals surface area contributed by atoms with Gasteiger partial charge in [-0.1, -0.05) is 42.2 Å². The van der Waals surface area contributed by atoms with Crippen molar-refractivity contribution in [1.82, 2.24) is 20.3 Å². The zero-order chi connectivity index (χ0) is 52.9. The van der Waals surface area contributed by atoms with Crippen molar-refractivity contribution in [3.8, 4) is 33.9 Å². The van der Waals surface area contributed by atoms with Crippen molar-refractivity contribution in [2.45, 2.75) is 113 Å². The van der Waals surface area contributed by atoms with Gasteiger partial charge >= 0.3 is 11.9 Å². The van der Waals surface area contributed by atoms with Gasteiger partial charge in [-0.05, 0) is 93.5 Å². The Balaban J connectivity index is 1.29. The van der Waals surface area contributed by atoms with Crippen LogP contribution in [-0.2, 0) is 23.9 Å². The molecule has 6 aromatic rings. The van der Waals surface area contributed by atoms with Crippen molar-refractivity contribution in [1.29, 1.82) is 0 Å². The minimum absolute atomic E-state index is 0.00856. The molecular weight excluding hydrogens is 965 g/mol. The number of rotatable bonds is 23. The van der Waals surface area contributed by atoms with E-state index in [4.69, 9.17) is 23.5 Å². The molecule has 3 aromatic carbocycles. The number of phenolic OH excluding ortho intramolecular Hbond substituents is 1. The van der Waals surface area contributed by atoms with Crippen LogP contribution in [-0.4, -0.2) is 149 Å². The summed E-state index contributed by atoms with van der Waals surface area (Å²) in [5, 5.41) is 98.1. The van der Waals surface area contributed by atoms with E-state index < -0.39 is 91.2 Å². The Morgan fingerprint density at radius 3 is 2.38 bits per heavy atom. The molecule has 0 spiro atoms. The zero-order valence-electron chi connectivity index (χ0n) is 40.8. The van der Waals surface area contributed by atoms with Crippen LogP contribution in [0.2, 0.25) is 0 Å². The third-order valence-corrected chi connectivity index (χ3v) is 14.0. The maximum Gasteiger partial charge on any atom is 0.336 e. The van der Waals surface area contributed by atoms with E-state index in [1.54, 1.807) is 30.6 Å². The minimum atomic E-state index is -3.18. The highest BCUT2D eigenvalue weighted by Crippen LogP contribution is 2.45. The number of nitrogens with one attached hydrogen (secondary N) is 3. The number of aliphatic carboxylic acids is 1. The summed E-state index contributed by atoms with van der Waals surface area (Å²) >= 11 is 0. The molecule has 0 bridgehead atoms. The molecule has 1 saturated heterocycles. The van der Waals surface area contributed by atoms with Gasteiger partial charge in [0.15, 0.2) is 22.9 Å². The number of esters is 1. The van der Waals surface area contributed by atoms with Gasteiger partial charge in [0.05, 0.1) is 41.5 Å². The Kier molecular flexibility index (Phi) is 16.6. The highest BCUT2D eigenvalue weighted by molar-refractivity contribution is 5.98. The normalized spacial score (nSPS) is 22.8. The number of carboxylic acid groups (broad SMARTS) is 1. The molecule has 0 unspecified atom stereocenters. The minimum Gasteiger partial charge on any atom is -0.508 e. The van der Waals surface area contributed by atoms with Gasteiger partial charge in [-0.2, -0.15) is 4.73 Å². The van der Waals surface area contributed by atoms with E-state index in [9.17, 15) is 60.0 Å². The van der Waals surface area contributed by atoms with Crippen molar-refractivity contribution in [3.63, 3.8) is 0 Å². The van der Waals surface area contributed by atoms with Crippen LogP contribution in [0.15, 0.2) is 94.6 Å². The molecule has 3 aromatic heterocycles. The van der Waals surface area contributed by atoms with E-state index in [0.717, 1.165) is 24.0 Å². The van der Waals surface area contributed by atoms with Gasteiger partial charge in [-0.15, -0.1) is 0 Å². The van der Waals surface area contributed by atoms with Gasteiger partial charge in [0.1, 0.15) is 41.4 Å². The Morgan fingerprint density at radius 1 is 0.973 bits per heavy atom. The summed E-state index contributed by atoms with van der Waals surface area (Å²) in [5.41, 5.74) is -2.74. The second kappa shape index (κ2) is 22.8. The average molecular weight is 1030 g/mol. The van der Waals surface area contributed by atoms with Gasteiger partial charge in [0, 0.05) is 49.3 Å². The number of aliphatic hydroxyl groups is 6. The van der Waals surface area contributed by atoms with E-state index in [2.05, 4.69) is 15.6 Å². The molecule has 8 rings (SSSR count). The molecule has 21 heteroatoms. The third kappa shape index (κ3) is 10.8. The first-order valence-electron chi connectivity index (χ1n) is 24.5. The fourth-order valence-corrected chi connectivity index (χ4v) is 10.2. The first kappa shape index (κ1) is 53.6. The fourth-order valence-electron chi connectivity index (χ4n) is 10.2. The molecule has 11 N–H and O–H groups in total. The number of aliphatic hydroxyl groups excluding tert-OH is 4. The number of ether oxygens (including phenoxy) is 3. The number of phenols is 1. The standard InChI is InChI=1S/C53H62N4O17/c1-29-21-30(2)23-34(22-29)44-42-33(16-18-55-42)26-57(44)74-47-51(71-36-14-15-37-40(24-36)70-27-38(45(37)64)31-10-12-35(61)13-11-31)72-46(52(68,28-60)53(47,69)41(63)9-5-19-58)48(56-25-39(62)32-7-3-4-8-32)73-50(67)43(49(65)66)54-17-6-20-59/h10-16,18,20-24,26-27,32,39,41,43,46-48,51,54-56,58,60-63,68-69H,3-9,17,19,25,28H2,1-2H3,(H,65,66)/t39-,41+,43+,46-,47+,48-,51-,52-,53-/m0/s1. The molecule has 4 heterocycles. The number of aldehydes is 1. The zero-order valence-corrected chi connectivity index (χ0v) is 40.8. The van der Waals surface area contributed by atoms with Gasteiger partial charge in [0.25, 0.3) is 0 Å². The molecule has 1 aliphatic carbocycles. The maximum atomic E-state index is 14.0. The molecule has 74 heavy (non-hydrogen) atoms. The van der Waals surface area contributed by atoms with Gasteiger partial charge < -0.3 is 74.1 Å². The number of aryl methyl sites for hydroxylation is 2. The number of H-pyrrole nitrogens is 1. The predicted molar refractivity (Wildman–Crippen MR) is 266 cm³/mol. The molecule has 1 aliphatic heterocycles. The molecular formula is C53H62N4O17. The van der Waals surface area contributed by atoms with Crippen LogP contribution in [0.5, 0.6) is 11.5 Å². The van der Waals surface area contributed by atoms with Crippen LogP contribution in [0.4, 0.5) is 0 Å². The van der Waals surface area contributed by atoms with Gasteiger partial charge in [-0.25, -0.2) is 9.59 Å². The number of carboxylic acids is 1. The number of aromatic amines is 1. The topological polar surface area (TPSA) is 325 Å². The number of benzene rings is 3. The monoisotopic (exact) mass is 1030 g/mol. The molecule has 0 amide bonds. The van der Waals surface area contributed by atoms with Crippen LogP contribution in [0.25, 0.3) is 44.3 Å². The number of aromatic nitrogens is 2. The largest absolute Gasteiger partial charge is 0.508 e. The fraction of sp³-hybridized carbons (Fsp3) is 0.434. The molecule has 9 atom stereocenters. The number of carbonyl (C=O) groups is 3. The number of carbonyl (C=O) groups excluding carboxylic acids is 2. The lowest BCUT2D eigenvalue weighted by Crippen LogP contribution is -2.83. The summed E-state index contributed by atoms with van der Waals surface area (Å²) in [5.74, 6) is -3.51. The summed E-state index contributed by atoms with van der Waals surface area (Å²) in [6, 6.07) is 15.4. The molecule has 0 radical (unpaired) electrons. The van der Waals surface area contributed by atoms with Crippen LogP contribution in [0.1, 0.15) is 56.1 Å². The van der Waals surface area contributed by atoms with Crippen molar-refractivity contribution in [3.05, 3.63) is 107 Å². The summed E-state index contributed by atoms with van der Waals surface area (Å²) < 4.78 is 26.2. The second-order valence-electron chi connectivity index (χ2n) is 19.1. The summed E-state index contributed by atoms with van der Waals surface area (Å²) in [4.78, 5) is 61.5. The highest BCUT2D eigenvalue weighted by Gasteiger charge is 2.72. The predicted octanol–water partition coefficient (Wildman–Crippen LogP) is 2.56. The van der Waals surface area contributed by atoms with Gasteiger partial charge in [0.2, 0.25) is 18.4 Å². The number of hydrogen-bond donors (Lipinski definition) is 11. The maximum absolute atomic E-state index is 14.0. The molecule has 2 fully saturated rings. The lowest BCUT2D eigenvalue weighted by atomic mass is 9.68. The van der Waals surface area contributed by atoms with E-state index in [1.165, 1.54) is 41.3 Å². The summed E-state index contributed by atoms with van der Waals surface area (Å²) in [6.07, 6.45) is -4.48. The Bertz CT molecular complexity index is 2970. The summed E-state index contributed by atoms with van der Waals surface area (Å²) in [6.45, 7) is 1.22. The first-order valence-corrected chi connectivity index (χ1v) is 24.5. The third-order valence-electron chi connectivity index (χ3n) is 14.0. The Labute approximate surface area is 423 Å². The van der Waals surface area contributed by atoms with Crippen LogP contribution in [0.3, 0.4) is 0 Å². The molecule has 1 saturated carbocycles. The Hall–Kier alpha value is -6.66. The smallest absolute Gasteiger partial charge is 0.336 e.